The molecule has 2 rings (SSSR count). The first-order valence-corrected chi connectivity index (χ1v) is 6.57. The third-order valence-electron chi connectivity index (χ3n) is 2.75. The summed E-state index contributed by atoms with van der Waals surface area (Å²) in [4.78, 5) is 11.7. The van der Waals surface area contributed by atoms with Gasteiger partial charge in [0.2, 0.25) is 0 Å². The van der Waals surface area contributed by atoms with Crippen LogP contribution in [0.5, 0.6) is 0 Å². The normalized spacial score (nSPS) is 13.9. The van der Waals surface area contributed by atoms with Gasteiger partial charge >= 0.3 is 0 Å². The predicted octanol–water partition coefficient (Wildman–Crippen LogP) is 3.97. The summed E-state index contributed by atoms with van der Waals surface area (Å²) >= 11 is 0. The summed E-state index contributed by atoms with van der Waals surface area (Å²) in [6.07, 6.45) is 2.27. The van der Waals surface area contributed by atoms with E-state index in [1.807, 2.05) is 38.1 Å². The molecule has 1 aromatic carbocycles. The van der Waals surface area contributed by atoms with Crippen molar-refractivity contribution in [3.05, 3.63) is 35.4 Å². The van der Waals surface area contributed by atoms with Crippen molar-refractivity contribution in [2.75, 3.05) is 0 Å². The zero-order valence-electron chi connectivity index (χ0n) is 11.3. The van der Waals surface area contributed by atoms with Crippen molar-refractivity contribution < 1.29 is 6.22 Å². The van der Waals surface area contributed by atoms with Gasteiger partial charge in [-0.15, -0.1) is 0 Å². The van der Waals surface area contributed by atoms with Crippen LogP contribution in [0.25, 0.3) is 0 Å². The topological polar surface area (TPSA) is 29.1 Å². The van der Waals surface area contributed by atoms with Crippen LogP contribution in [0.4, 0.5) is 0 Å². The fraction of sp³-hybridized carbons (Fsp3) is 0.533. The monoisotopic (exact) mass is 235 g/mol. The number of hydrogen-bond acceptors (Lipinski definition) is 1. The highest BCUT2D eigenvalue weighted by atomic mass is 16.1. The molecule has 0 unspecified atom stereocenters. The second kappa shape index (κ2) is 6.43. The van der Waals surface area contributed by atoms with Crippen LogP contribution in [0.15, 0.2) is 24.3 Å². The van der Waals surface area contributed by atoms with Crippen LogP contribution in [0.2, 0.25) is 0 Å². The fourth-order valence-corrected chi connectivity index (χ4v) is 1.52. The van der Waals surface area contributed by atoms with E-state index in [4.69, 9.17) is 0 Å². The number of rotatable bonds is 3. The first-order valence-electron chi connectivity index (χ1n) is 6.57. The lowest BCUT2D eigenvalue weighted by molar-refractivity contribution is 0.0951. The molecule has 1 amide bonds. The Morgan fingerprint density at radius 3 is 2.18 bits per heavy atom. The Labute approximate surface area is 106 Å². The molecule has 0 aliphatic heterocycles. The minimum Gasteiger partial charge on any atom is -0.349 e. The number of carbonyl (C=O) groups is 1. The Bertz CT molecular complexity index is 355. The minimum absolute atomic E-state index is 0. The molecule has 0 atom stereocenters. The Hall–Kier alpha value is -1.31. The number of amides is 1. The molecule has 1 aliphatic carbocycles. The van der Waals surface area contributed by atoms with Crippen molar-refractivity contribution in [2.24, 2.45) is 0 Å². The summed E-state index contributed by atoms with van der Waals surface area (Å²) in [5.41, 5.74) is 2.05. The van der Waals surface area contributed by atoms with Crippen LogP contribution in [0, 0.1) is 0 Å². The lowest BCUT2D eigenvalue weighted by Gasteiger charge is -2.07. The van der Waals surface area contributed by atoms with E-state index in [2.05, 4.69) is 19.2 Å². The largest absolute Gasteiger partial charge is 0.349 e. The lowest BCUT2D eigenvalue weighted by atomic mass is 10.0. The summed E-state index contributed by atoms with van der Waals surface area (Å²) in [7, 11) is 0. The van der Waals surface area contributed by atoms with Gasteiger partial charge in [-0.25, -0.2) is 0 Å². The van der Waals surface area contributed by atoms with E-state index in [0.717, 1.165) is 18.4 Å². The molecule has 1 aromatic rings. The van der Waals surface area contributed by atoms with Gasteiger partial charge in [-0.1, -0.05) is 39.8 Å². The second-order valence-electron chi connectivity index (χ2n) is 4.52. The standard InChI is InChI=1S/C13H17NO.C2H6.H2/c1-9(2)10-3-5-11(6-4-10)13(15)14-12-7-8-12;1-2;/h3-6,9,12H,7-8H2,1-2H3,(H,14,15);1-2H3;1H. The Morgan fingerprint density at radius 2 is 1.76 bits per heavy atom. The zero-order chi connectivity index (χ0) is 12.8. The first-order chi connectivity index (χ1) is 8.16. The maximum absolute atomic E-state index is 11.7. The van der Waals surface area contributed by atoms with Gasteiger partial charge in [0.05, 0.1) is 0 Å². The highest BCUT2D eigenvalue weighted by molar-refractivity contribution is 5.94. The molecular weight excluding hydrogens is 210 g/mol. The maximum Gasteiger partial charge on any atom is 0.251 e. The molecule has 96 valence electrons. The van der Waals surface area contributed by atoms with Crippen molar-refractivity contribution in [3.63, 3.8) is 0 Å². The fourth-order valence-electron chi connectivity index (χ4n) is 1.52. The van der Waals surface area contributed by atoms with Gasteiger partial charge in [-0.05, 0) is 36.5 Å². The Morgan fingerprint density at radius 1 is 1.24 bits per heavy atom. The van der Waals surface area contributed by atoms with E-state index in [1.54, 1.807) is 0 Å². The molecule has 1 saturated carbocycles. The van der Waals surface area contributed by atoms with Crippen LogP contribution >= 0.6 is 0 Å². The number of benzene rings is 1. The summed E-state index contributed by atoms with van der Waals surface area (Å²) < 4.78 is 0. The van der Waals surface area contributed by atoms with Crippen LogP contribution in [0.3, 0.4) is 0 Å². The quantitative estimate of drug-likeness (QED) is 0.843. The van der Waals surface area contributed by atoms with Gasteiger partial charge in [0, 0.05) is 13.0 Å². The summed E-state index contributed by atoms with van der Waals surface area (Å²) in [5, 5.41) is 2.98. The molecule has 0 heterocycles. The molecule has 17 heavy (non-hydrogen) atoms. The number of hydrogen-bond donors (Lipinski definition) is 1. The lowest BCUT2D eigenvalue weighted by Crippen LogP contribution is -2.25. The van der Waals surface area contributed by atoms with E-state index < -0.39 is 0 Å². The van der Waals surface area contributed by atoms with E-state index in [0.29, 0.717) is 12.0 Å². The molecule has 0 aromatic heterocycles. The Kier molecular flexibility index (Phi) is 5.20. The van der Waals surface area contributed by atoms with Crippen LogP contribution in [-0.2, 0) is 0 Å². The van der Waals surface area contributed by atoms with Gasteiger partial charge in [0.25, 0.3) is 5.91 Å². The predicted molar refractivity (Wildman–Crippen MR) is 74.5 cm³/mol. The van der Waals surface area contributed by atoms with E-state index >= 15 is 0 Å². The molecule has 1 aliphatic rings. The molecule has 2 nitrogen and oxygen atoms in total. The minimum atomic E-state index is 0. The average molecular weight is 235 g/mol. The summed E-state index contributed by atoms with van der Waals surface area (Å²) in [5.74, 6) is 0.582. The smallest absolute Gasteiger partial charge is 0.251 e. The van der Waals surface area contributed by atoms with E-state index in [-0.39, 0.29) is 7.33 Å². The molecule has 0 saturated heterocycles. The van der Waals surface area contributed by atoms with Gasteiger partial charge in [0.1, 0.15) is 0 Å². The highest BCUT2D eigenvalue weighted by Gasteiger charge is 2.23. The van der Waals surface area contributed by atoms with Crippen molar-refractivity contribution in [1.29, 1.82) is 0 Å². The molecule has 1 N–H and O–H groups in total. The highest BCUT2D eigenvalue weighted by Crippen LogP contribution is 2.20. The van der Waals surface area contributed by atoms with Crippen molar-refractivity contribution >= 4 is 5.91 Å². The molecule has 1 fully saturated rings. The molecule has 2 heteroatoms. The van der Waals surface area contributed by atoms with Crippen LogP contribution in [-0.4, -0.2) is 11.9 Å². The SMILES string of the molecule is CC.CC(C)c1ccc(C(=O)NC2CC2)cc1.[HH]. The van der Waals surface area contributed by atoms with Gasteiger partial charge in [0.15, 0.2) is 0 Å². The molecule has 0 radical (unpaired) electrons. The Balaban J connectivity index is 0.000000917. The third-order valence-corrected chi connectivity index (χ3v) is 2.75. The summed E-state index contributed by atoms with van der Waals surface area (Å²) in [6, 6.07) is 8.32. The molecule has 0 spiro atoms. The summed E-state index contributed by atoms with van der Waals surface area (Å²) in [6.45, 7) is 8.30. The van der Waals surface area contributed by atoms with Crippen molar-refractivity contribution in [3.8, 4) is 0 Å². The second-order valence-corrected chi connectivity index (χ2v) is 4.52. The van der Waals surface area contributed by atoms with E-state index in [1.165, 1.54) is 5.56 Å². The number of carbonyl (C=O) groups excluding carboxylic acids is 1. The third kappa shape index (κ3) is 4.22. The van der Waals surface area contributed by atoms with Crippen LogP contribution < -0.4 is 5.32 Å². The van der Waals surface area contributed by atoms with Crippen LogP contribution in [0.1, 0.15) is 63.8 Å². The first kappa shape index (κ1) is 13.8. The zero-order valence-corrected chi connectivity index (χ0v) is 11.3. The maximum atomic E-state index is 11.7. The van der Waals surface area contributed by atoms with Gasteiger partial charge in [-0.2, -0.15) is 0 Å². The van der Waals surface area contributed by atoms with E-state index in [9.17, 15) is 4.79 Å². The number of nitrogens with one attached hydrogen (secondary N) is 1. The van der Waals surface area contributed by atoms with Crippen molar-refractivity contribution in [1.82, 2.24) is 5.32 Å². The molecule has 0 bridgehead atoms. The average Bonchev–Trinajstić information content (AvgIpc) is 3.15. The van der Waals surface area contributed by atoms with Gasteiger partial charge < -0.3 is 5.32 Å². The molecular formula is C15H25NO. The van der Waals surface area contributed by atoms with Gasteiger partial charge in [-0.3, -0.25) is 4.79 Å². The van der Waals surface area contributed by atoms with Crippen molar-refractivity contribution in [2.45, 2.75) is 52.5 Å².